The van der Waals surface area contributed by atoms with Crippen molar-refractivity contribution in [2.75, 3.05) is 0 Å². The number of amides is 1. The molecule has 1 fully saturated rings. The highest BCUT2D eigenvalue weighted by atomic mass is 35.5. The largest absolute Gasteiger partial charge is 0.466 e. The molecule has 1 N–H and O–H groups in total. The Labute approximate surface area is 122 Å². The van der Waals surface area contributed by atoms with E-state index in [0.717, 1.165) is 24.2 Å². The lowest BCUT2D eigenvalue weighted by Gasteiger charge is -2.17. The highest BCUT2D eigenvalue weighted by Crippen LogP contribution is 2.46. The number of halogens is 1. The van der Waals surface area contributed by atoms with Gasteiger partial charge in [0.25, 0.3) is 5.91 Å². The average Bonchev–Trinajstić information content (AvgIpc) is 3.09. The standard InChI is InChI=1S/C16H16ClNO2/c1-10-9-14(11(2)20-10)15(19)18-16(7-8-16)12-3-5-13(17)6-4-12/h3-6,9H,7-8H2,1-2H3,(H,18,19). The quantitative estimate of drug-likeness (QED) is 0.929. The van der Waals surface area contributed by atoms with Crippen molar-refractivity contribution in [2.24, 2.45) is 0 Å². The van der Waals surface area contributed by atoms with Crippen LogP contribution in [-0.2, 0) is 5.54 Å². The van der Waals surface area contributed by atoms with E-state index in [4.69, 9.17) is 16.0 Å². The molecule has 2 aromatic rings. The molecule has 0 aliphatic heterocycles. The zero-order chi connectivity index (χ0) is 14.3. The minimum Gasteiger partial charge on any atom is -0.466 e. The number of rotatable bonds is 3. The number of carbonyl (C=O) groups is 1. The topological polar surface area (TPSA) is 42.2 Å². The van der Waals surface area contributed by atoms with Crippen LogP contribution in [0.15, 0.2) is 34.7 Å². The minimum atomic E-state index is -0.237. The van der Waals surface area contributed by atoms with Crippen LogP contribution in [0.5, 0.6) is 0 Å². The molecule has 0 spiro atoms. The van der Waals surface area contributed by atoms with Gasteiger partial charge in [-0.3, -0.25) is 4.79 Å². The summed E-state index contributed by atoms with van der Waals surface area (Å²) >= 11 is 5.91. The Morgan fingerprint density at radius 2 is 1.90 bits per heavy atom. The maximum atomic E-state index is 12.4. The third-order valence-corrected chi connectivity index (χ3v) is 4.04. The van der Waals surface area contributed by atoms with Crippen molar-refractivity contribution in [3.8, 4) is 0 Å². The first-order valence-electron chi connectivity index (χ1n) is 6.66. The van der Waals surface area contributed by atoms with E-state index in [0.29, 0.717) is 16.3 Å². The highest BCUT2D eigenvalue weighted by molar-refractivity contribution is 6.30. The Hall–Kier alpha value is -1.74. The summed E-state index contributed by atoms with van der Waals surface area (Å²) < 4.78 is 5.41. The van der Waals surface area contributed by atoms with Crippen molar-refractivity contribution in [2.45, 2.75) is 32.2 Å². The van der Waals surface area contributed by atoms with E-state index in [-0.39, 0.29) is 11.4 Å². The van der Waals surface area contributed by atoms with Gasteiger partial charge in [-0.1, -0.05) is 23.7 Å². The fourth-order valence-corrected chi connectivity index (χ4v) is 2.65. The van der Waals surface area contributed by atoms with Crippen molar-refractivity contribution >= 4 is 17.5 Å². The third-order valence-electron chi connectivity index (χ3n) is 3.79. The molecule has 1 aromatic carbocycles. The molecule has 0 atom stereocenters. The summed E-state index contributed by atoms with van der Waals surface area (Å²) in [6, 6.07) is 9.45. The number of benzene rings is 1. The minimum absolute atomic E-state index is 0.0770. The molecule has 0 saturated heterocycles. The second-order valence-corrected chi connectivity index (χ2v) is 5.81. The summed E-state index contributed by atoms with van der Waals surface area (Å²) in [4.78, 5) is 12.4. The lowest BCUT2D eigenvalue weighted by atomic mass is 10.0. The van der Waals surface area contributed by atoms with E-state index in [2.05, 4.69) is 5.32 Å². The van der Waals surface area contributed by atoms with Gasteiger partial charge < -0.3 is 9.73 Å². The van der Waals surface area contributed by atoms with E-state index >= 15 is 0 Å². The van der Waals surface area contributed by atoms with Gasteiger partial charge >= 0.3 is 0 Å². The second-order valence-electron chi connectivity index (χ2n) is 5.37. The highest BCUT2D eigenvalue weighted by Gasteiger charge is 2.45. The summed E-state index contributed by atoms with van der Waals surface area (Å²) in [6.07, 6.45) is 1.91. The maximum absolute atomic E-state index is 12.4. The van der Waals surface area contributed by atoms with Crippen LogP contribution in [0.4, 0.5) is 0 Å². The van der Waals surface area contributed by atoms with E-state index < -0.39 is 0 Å². The molecule has 4 heteroatoms. The second kappa shape index (κ2) is 4.67. The van der Waals surface area contributed by atoms with Gasteiger partial charge in [0.05, 0.1) is 11.1 Å². The first-order valence-corrected chi connectivity index (χ1v) is 7.04. The number of aryl methyl sites for hydroxylation is 2. The molecular formula is C16H16ClNO2. The summed E-state index contributed by atoms with van der Waals surface area (Å²) in [6.45, 7) is 3.65. The van der Waals surface area contributed by atoms with Gasteiger partial charge in [0, 0.05) is 5.02 Å². The van der Waals surface area contributed by atoms with E-state index in [1.165, 1.54) is 0 Å². The van der Waals surface area contributed by atoms with Gasteiger partial charge in [-0.05, 0) is 50.5 Å². The first-order chi connectivity index (χ1) is 9.50. The van der Waals surface area contributed by atoms with Crippen LogP contribution in [0.2, 0.25) is 5.02 Å². The maximum Gasteiger partial charge on any atom is 0.255 e. The van der Waals surface area contributed by atoms with Crippen molar-refractivity contribution in [1.82, 2.24) is 5.32 Å². The lowest BCUT2D eigenvalue weighted by molar-refractivity contribution is 0.0929. The predicted octanol–water partition coefficient (Wildman–Crippen LogP) is 3.97. The fourth-order valence-electron chi connectivity index (χ4n) is 2.52. The van der Waals surface area contributed by atoms with Crippen molar-refractivity contribution < 1.29 is 9.21 Å². The molecule has 1 saturated carbocycles. The molecule has 0 unspecified atom stereocenters. The molecule has 1 aliphatic carbocycles. The Balaban J connectivity index is 1.82. The smallest absolute Gasteiger partial charge is 0.255 e. The molecule has 0 bridgehead atoms. The Morgan fingerprint density at radius 1 is 1.25 bits per heavy atom. The molecule has 3 nitrogen and oxygen atoms in total. The average molecular weight is 290 g/mol. The van der Waals surface area contributed by atoms with Gasteiger partial charge in [-0.2, -0.15) is 0 Å². The molecule has 1 aliphatic rings. The summed E-state index contributed by atoms with van der Waals surface area (Å²) in [5.41, 5.74) is 1.48. The molecule has 20 heavy (non-hydrogen) atoms. The van der Waals surface area contributed by atoms with E-state index in [1.807, 2.05) is 38.1 Å². The predicted molar refractivity (Wildman–Crippen MR) is 78.0 cm³/mol. The van der Waals surface area contributed by atoms with Crippen LogP contribution in [-0.4, -0.2) is 5.91 Å². The monoisotopic (exact) mass is 289 g/mol. The molecule has 1 amide bonds. The molecule has 1 heterocycles. The first kappa shape index (κ1) is 13.3. The number of nitrogens with one attached hydrogen (secondary N) is 1. The lowest BCUT2D eigenvalue weighted by Crippen LogP contribution is -2.34. The molecule has 0 radical (unpaired) electrons. The van der Waals surface area contributed by atoms with Gasteiger partial charge in [0.1, 0.15) is 11.5 Å². The molecule has 1 aromatic heterocycles. The zero-order valence-corrected chi connectivity index (χ0v) is 12.3. The van der Waals surface area contributed by atoms with E-state index in [9.17, 15) is 4.79 Å². The number of hydrogen-bond donors (Lipinski definition) is 1. The van der Waals surface area contributed by atoms with Crippen LogP contribution < -0.4 is 5.32 Å². The van der Waals surface area contributed by atoms with Crippen LogP contribution in [0.1, 0.15) is 40.3 Å². The van der Waals surface area contributed by atoms with Crippen LogP contribution >= 0.6 is 11.6 Å². The third kappa shape index (κ3) is 2.34. The van der Waals surface area contributed by atoms with Crippen molar-refractivity contribution in [3.05, 3.63) is 58.0 Å². The normalized spacial score (nSPS) is 15.9. The van der Waals surface area contributed by atoms with Gasteiger partial charge in [-0.25, -0.2) is 0 Å². The fraction of sp³-hybridized carbons (Fsp3) is 0.312. The molecule has 104 valence electrons. The number of furan rings is 1. The van der Waals surface area contributed by atoms with Crippen molar-refractivity contribution in [1.29, 1.82) is 0 Å². The molecular weight excluding hydrogens is 274 g/mol. The SMILES string of the molecule is Cc1cc(C(=O)NC2(c3ccc(Cl)cc3)CC2)c(C)o1. The van der Waals surface area contributed by atoms with Crippen LogP contribution in [0.3, 0.4) is 0 Å². The summed E-state index contributed by atoms with van der Waals surface area (Å²) in [5, 5.41) is 3.84. The van der Waals surface area contributed by atoms with Gasteiger partial charge in [0.15, 0.2) is 0 Å². The number of hydrogen-bond acceptors (Lipinski definition) is 2. The summed E-state index contributed by atoms with van der Waals surface area (Å²) in [7, 11) is 0. The Morgan fingerprint density at radius 3 is 2.40 bits per heavy atom. The number of carbonyl (C=O) groups excluding carboxylic acids is 1. The Bertz CT molecular complexity index is 654. The molecule has 3 rings (SSSR count). The van der Waals surface area contributed by atoms with Crippen LogP contribution in [0.25, 0.3) is 0 Å². The van der Waals surface area contributed by atoms with Gasteiger partial charge in [-0.15, -0.1) is 0 Å². The summed E-state index contributed by atoms with van der Waals surface area (Å²) in [5.74, 6) is 1.34. The van der Waals surface area contributed by atoms with Gasteiger partial charge in [0.2, 0.25) is 0 Å². The zero-order valence-electron chi connectivity index (χ0n) is 11.5. The van der Waals surface area contributed by atoms with Crippen molar-refractivity contribution in [3.63, 3.8) is 0 Å². The van der Waals surface area contributed by atoms with Crippen LogP contribution in [0, 0.1) is 13.8 Å². The Kier molecular flexibility index (Phi) is 3.09. The van der Waals surface area contributed by atoms with E-state index in [1.54, 1.807) is 6.07 Å².